The summed E-state index contributed by atoms with van der Waals surface area (Å²) >= 11 is 0. The van der Waals surface area contributed by atoms with Crippen molar-refractivity contribution in [2.45, 2.75) is 45.1 Å². The highest BCUT2D eigenvalue weighted by atomic mass is 35.5. The van der Waals surface area contributed by atoms with Gasteiger partial charge in [0.15, 0.2) is 0 Å². The summed E-state index contributed by atoms with van der Waals surface area (Å²) in [4.78, 5) is 0. The van der Waals surface area contributed by atoms with Crippen molar-refractivity contribution in [3.8, 4) is 0 Å². The van der Waals surface area contributed by atoms with Crippen LogP contribution in [-0.2, 0) is 0 Å². The van der Waals surface area contributed by atoms with Gasteiger partial charge < -0.3 is 5.73 Å². The molecule has 2 rings (SSSR count). The predicted molar refractivity (Wildman–Crippen MR) is 71.9 cm³/mol. The quantitative estimate of drug-likeness (QED) is 0.830. The monoisotopic (exact) mass is 239 g/mol. The number of hydrogen-bond acceptors (Lipinski definition) is 1. The highest BCUT2D eigenvalue weighted by molar-refractivity contribution is 5.85. The molecule has 0 aliphatic heterocycles. The van der Waals surface area contributed by atoms with Crippen molar-refractivity contribution in [2.24, 2.45) is 11.7 Å². The first-order valence-corrected chi connectivity index (χ1v) is 6.09. The Bertz CT molecular complexity index is 318. The summed E-state index contributed by atoms with van der Waals surface area (Å²) in [7, 11) is 0. The normalized spacial score (nSPS) is 18.9. The molecule has 0 bridgehead atoms. The first-order valence-electron chi connectivity index (χ1n) is 6.09. The van der Waals surface area contributed by atoms with Gasteiger partial charge in [-0.1, -0.05) is 49.1 Å². The molecule has 0 amide bonds. The lowest BCUT2D eigenvalue weighted by Crippen LogP contribution is -2.23. The number of rotatable bonds is 2. The fourth-order valence-electron chi connectivity index (χ4n) is 2.64. The number of benzene rings is 1. The lowest BCUT2D eigenvalue weighted by molar-refractivity contribution is 0.308. The van der Waals surface area contributed by atoms with Crippen LogP contribution in [0.25, 0.3) is 0 Å². The van der Waals surface area contributed by atoms with Crippen molar-refractivity contribution in [3.05, 3.63) is 35.4 Å². The van der Waals surface area contributed by atoms with Crippen LogP contribution in [0.3, 0.4) is 0 Å². The molecule has 2 heteroatoms. The SMILES string of the molecule is Cc1cccc([C@@H](N)C2CCCCC2)c1.Cl. The molecule has 1 fully saturated rings. The summed E-state index contributed by atoms with van der Waals surface area (Å²) in [5, 5.41) is 0. The van der Waals surface area contributed by atoms with Crippen LogP contribution in [-0.4, -0.2) is 0 Å². The van der Waals surface area contributed by atoms with E-state index in [1.807, 2.05) is 0 Å². The van der Waals surface area contributed by atoms with Gasteiger partial charge in [0.1, 0.15) is 0 Å². The highest BCUT2D eigenvalue weighted by Gasteiger charge is 2.21. The standard InChI is InChI=1S/C14H21N.ClH/c1-11-6-5-9-13(10-11)14(15)12-7-3-2-4-8-12;/h5-6,9-10,12,14H,2-4,7-8,15H2,1H3;1H/t14-;/m0./s1. The molecule has 90 valence electrons. The second-order valence-corrected chi connectivity index (χ2v) is 4.84. The second kappa shape index (κ2) is 6.27. The lowest BCUT2D eigenvalue weighted by Gasteiger charge is -2.27. The summed E-state index contributed by atoms with van der Waals surface area (Å²) in [6.07, 6.45) is 6.76. The molecule has 0 heterocycles. The molecule has 0 saturated heterocycles. The maximum Gasteiger partial charge on any atom is 0.0323 e. The van der Waals surface area contributed by atoms with Gasteiger partial charge in [0.2, 0.25) is 0 Å². The molecule has 0 unspecified atom stereocenters. The van der Waals surface area contributed by atoms with E-state index in [0.29, 0.717) is 5.92 Å². The molecule has 1 nitrogen and oxygen atoms in total. The van der Waals surface area contributed by atoms with Gasteiger partial charge in [-0.25, -0.2) is 0 Å². The molecule has 1 saturated carbocycles. The molecular weight excluding hydrogens is 218 g/mol. The molecule has 0 spiro atoms. The van der Waals surface area contributed by atoms with Gasteiger partial charge in [-0.2, -0.15) is 0 Å². The Morgan fingerprint density at radius 3 is 2.50 bits per heavy atom. The van der Waals surface area contributed by atoms with Crippen molar-refractivity contribution < 1.29 is 0 Å². The van der Waals surface area contributed by atoms with Crippen LogP contribution in [0.5, 0.6) is 0 Å². The first kappa shape index (κ1) is 13.5. The molecule has 1 aliphatic carbocycles. The molecule has 0 aromatic heterocycles. The zero-order valence-electron chi connectivity index (χ0n) is 9.99. The third-order valence-corrected chi connectivity index (χ3v) is 3.58. The van der Waals surface area contributed by atoms with E-state index in [-0.39, 0.29) is 18.4 Å². The Morgan fingerprint density at radius 1 is 1.19 bits per heavy atom. The van der Waals surface area contributed by atoms with E-state index >= 15 is 0 Å². The molecule has 2 N–H and O–H groups in total. The van der Waals surface area contributed by atoms with Crippen LogP contribution in [0, 0.1) is 12.8 Å². The Morgan fingerprint density at radius 2 is 1.88 bits per heavy atom. The first-order chi connectivity index (χ1) is 7.27. The third kappa shape index (κ3) is 3.23. The minimum atomic E-state index is 0. The number of hydrogen-bond donors (Lipinski definition) is 1. The van der Waals surface area contributed by atoms with Gasteiger partial charge in [0, 0.05) is 6.04 Å². The van der Waals surface area contributed by atoms with Crippen LogP contribution in [0.1, 0.15) is 49.3 Å². The molecule has 0 radical (unpaired) electrons. The van der Waals surface area contributed by atoms with Crippen molar-refractivity contribution in [1.82, 2.24) is 0 Å². The fourth-order valence-corrected chi connectivity index (χ4v) is 2.64. The number of nitrogens with two attached hydrogens (primary N) is 1. The average Bonchev–Trinajstić information content (AvgIpc) is 2.29. The minimum absolute atomic E-state index is 0. The summed E-state index contributed by atoms with van der Waals surface area (Å²) in [5.41, 5.74) is 8.98. The van der Waals surface area contributed by atoms with Gasteiger partial charge in [0.05, 0.1) is 0 Å². The number of halogens is 1. The molecular formula is C14H22ClN. The lowest BCUT2D eigenvalue weighted by atomic mass is 9.81. The Kier molecular flexibility index (Phi) is 5.30. The highest BCUT2D eigenvalue weighted by Crippen LogP contribution is 2.32. The van der Waals surface area contributed by atoms with Crippen molar-refractivity contribution >= 4 is 12.4 Å². The van der Waals surface area contributed by atoms with Gasteiger partial charge in [-0.15, -0.1) is 12.4 Å². The largest absolute Gasteiger partial charge is 0.324 e. The van der Waals surface area contributed by atoms with Crippen LogP contribution in [0.2, 0.25) is 0 Å². The Balaban J connectivity index is 0.00000128. The summed E-state index contributed by atoms with van der Waals surface area (Å²) in [6.45, 7) is 2.14. The molecule has 1 aromatic rings. The van der Waals surface area contributed by atoms with E-state index in [1.165, 1.54) is 43.2 Å². The number of aryl methyl sites for hydroxylation is 1. The minimum Gasteiger partial charge on any atom is -0.324 e. The summed E-state index contributed by atoms with van der Waals surface area (Å²) in [5.74, 6) is 0.709. The van der Waals surface area contributed by atoms with Crippen molar-refractivity contribution in [3.63, 3.8) is 0 Å². The Hall–Kier alpha value is -0.530. The maximum absolute atomic E-state index is 6.34. The van der Waals surface area contributed by atoms with Gasteiger partial charge >= 0.3 is 0 Å². The van der Waals surface area contributed by atoms with Crippen molar-refractivity contribution in [2.75, 3.05) is 0 Å². The summed E-state index contributed by atoms with van der Waals surface area (Å²) < 4.78 is 0. The molecule has 1 aromatic carbocycles. The van der Waals surface area contributed by atoms with E-state index in [4.69, 9.17) is 5.73 Å². The van der Waals surface area contributed by atoms with E-state index in [1.54, 1.807) is 0 Å². The zero-order valence-corrected chi connectivity index (χ0v) is 10.8. The van der Waals surface area contributed by atoms with E-state index < -0.39 is 0 Å². The second-order valence-electron chi connectivity index (χ2n) is 4.84. The van der Waals surface area contributed by atoms with E-state index in [0.717, 1.165) is 0 Å². The van der Waals surface area contributed by atoms with E-state index in [9.17, 15) is 0 Å². The van der Waals surface area contributed by atoms with Crippen LogP contribution < -0.4 is 5.73 Å². The smallest absolute Gasteiger partial charge is 0.0323 e. The fraction of sp³-hybridized carbons (Fsp3) is 0.571. The predicted octanol–water partition coefficient (Wildman–Crippen LogP) is 4.00. The van der Waals surface area contributed by atoms with E-state index in [2.05, 4.69) is 31.2 Å². The van der Waals surface area contributed by atoms with Crippen molar-refractivity contribution in [1.29, 1.82) is 0 Å². The summed E-state index contributed by atoms with van der Waals surface area (Å²) in [6, 6.07) is 8.92. The average molecular weight is 240 g/mol. The van der Waals surface area contributed by atoms with Crippen LogP contribution in [0.15, 0.2) is 24.3 Å². The van der Waals surface area contributed by atoms with Gasteiger partial charge in [-0.3, -0.25) is 0 Å². The Labute approximate surface area is 105 Å². The third-order valence-electron chi connectivity index (χ3n) is 3.58. The zero-order chi connectivity index (χ0) is 10.7. The maximum atomic E-state index is 6.34. The van der Waals surface area contributed by atoms with Crippen LogP contribution in [0.4, 0.5) is 0 Å². The molecule has 1 atom stereocenters. The van der Waals surface area contributed by atoms with Gasteiger partial charge in [-0.05, 0) is 31.2 Å². The van der Waals surface area contributed by atoms with Crippen LogP contribution >= 0.6 is 12.4 Å². The van der Waals surface area contributed by atoms with Gasteiger partial charge in [0.25, 0.3) is 0 Å². The molecule has 16 heavy (non-hydrogen) atoms. The topological polar surface area (TPSA) is 26.0 Å². The molecule has 1 aliphatic rings.